The summed E-state index contributed by atoms with van der Waals surface area (Å²) in [4.78, 5) is 58.3. The first-order valence-corrected chi connectivity index (χ1v) is 24.0. The van der Waals surface area contributed by atoms with Gasteiger partial charge in [-0.15, -0.1) is 0 Å². The Balaban J connectivity index is 1.45. The van der Waals surface area contributed by atoms with E-state index in [1.54, 1.807) is 28.1 Å². The third-order valence-electron chi connectivity index (χ3n) is 14.5. The van der Waals surface area contributed by atoms with E-state index in [9.17, 15) is 29.4 Å². The van der Waals surface area contributed by atoms with Crippen LogP contribution in [0.4, 0.5) is 0 Å². The molecule has 2 saturated heterocycles. The molecule has 3 fully saturated rings. The van der Waals surface area contributed by atoms with Crippen LogP contribution in [0.3, 0.4) is 0 Å². The van der Waals surface area contributed by atoms with Crippen LogP contribution in [0, 0.1) is 29.6 Å². The number of hydrogen-bond donors (Lipinski definition) is 3. The fourth-order valence-electron chi connectivity index (χ4n) is 10.5. The van der Waals surface area contributed by atoms with Gasteiger partial charge in [-0.1, -0.05) is 75.8 Å². The predicted molar refractivity (Wildman–Crippen MR) is 244 cm³/mol. The third kappa shape index (κ3) is 13.0. The highest BCUT2D eigenvalue weighted by molar-refractivity contribution is 6.39. The monoisotopic (exact) mass is 895 g/mol. The highest BCUT2D eigenvalue weighted by atomic mass is 16.7. The Morgan fingerprint density at radius 3 is 2.34 bits per heavy atom. The molecule has 64 heavy (non-hydrogen) atoms. The number of benzene rings is 1. The summed E-state index contributed by atoms with van der Waals surface area (Å²) in [5, 5.41) is 23.9. The number of nitrogens with two attached hydrogens (primary N) is 1. The van der Waals surface area contributed by atoms with Crippen LogP contribution in [0.1, 0.15) is 124 Å². The summed E-state index contributed by atoms with van der Waals surface area (Å²) < 4.78 is 30.8. The van der Waals surface area contributed by atoms with E-state index in [-0.39, 0.29) is 55.6 Å². The Labute approximate surface area is 381 Å². The van der Waals surface area contributed by atoms with Crippen molar-refractivity contribution in [2.45, 2.75) is 180 Å². The molecule has 14 unspecified atom stereocenters. The summed E-state index contributed by atoms with van der Waals surface area (Å²) in [6, 6.07) is 9.05. The lowest BCUT2D eigenvalue weighted by Gasteiger charge is -2.47. The minimum absolute atomic E-state index is 0.0357. The van der Waals surface area contributed by atoms with Gasteiger partial charge >= 0.3 is 5.97 Å². The Kier molecular flexibility index (Phi) is 19.3. The van der Waals surface area contributed by atoms with Crippen molar-refractivity contribution < 1.29 is 53.1 Å². The number of allylic oxidation sites excluding steroid dienone is 3. The van der Waals surface area contributed by atoms with Crippen molar-refractivity contribution in [1.29, 1.82) is 0 Å². The number of Topliss-reactive ketones (excluding diaryl/α,β-unsaturated/α-hetero) is 2. The number of amides is 1. The number of piperidine rings is 1. The van der Waals surface area contributed by atoms with Crippen LogP contribution in [0.15, 0.2) is 53.6 Å². The van der Waals surface area contributed by atoms with Crippen LogP contribution < -0.4 is 5.73 Å². The number of hydrogen-bond acceptors (Lipinski definition) is 12. The van der Waals surface area contributed by atoms with Crippen LogP contribution >= 0.6 is 0 Å². The molecule has 1 saturated carbocycles. The molecular formula is C51H78N2O11. The van der Waals surface area contributed by atoms with Gasteiger partial charge in [-0.25, -0.2) is 4.79 Å². The van der Waals surface area contributed by atoms with Crippen LogP contribution in [-0.2, 0) is 49.3 Å². The van der Waals surface area contributed by atoms with Crippen LogP contribution in [-0.4, -0.2) is 120 Å². The van der Waals surface area contributed by atoms with E-state index in [4.69, 9.17) is 29.4 Å². The molecule has 0 spiro atoms. The summed E-state index contributed by atoms with van der Waals surface area (Å²) >= 11 is 0. The zero-order valence-corrected chi connectivity index (χ0v) is 39.7. The first-order chi connectivity index (χ1) is 30.5. The van der Waals surface area contributed by atoms with Gasteiger partial charge in [0.15, 0.2) is 0 Å². The number of carbonyl (C=O) groups excluding carboxylic acids is 4. The van der Waals surface area contributed by atoms with Gasteiger partial charge in [0, 0.05) is 57.6 Å². The second kappa shape index (κ2) is 23.9. The minimum Gasteiger partial charge on any atom is -0.456 e. The molecule has 358 valence electrons. The number of methoxy groups -OCH3 is 2. The fraction of sp³-hybridized carbons (Fsp3) is 0.725. The second-order valence-electron chi connectivity index (χ2n) is 19.5. The quantitative estimate of drug-likeness (QED) is 0.101. The maximum absolute atomic E-state index is 14.5. The van der Waals surface area contributed by atoms with Crippen molar-refractivity contribution in [3.63, 3.8) is 0 Å². The Hall–Kier alpha value is -3.30. The number of aryl methyl sites for hydroxylation is 1. The standard InChI is InChI=1S/C51H78N2O11/c1-9-38-25-31(2)24-32(3)26-44(60-7)47-45(61-8)28-34(5)51(59,64-47)48(56)49(57)53-22-14-13-19-40(53)50(58)63-46(35(6)41(54)30-42(38)55)33(4)27-37-20-21-39(52)43(29-37)62-23-15-18-36-16-11-10-12-17-36/h10-12,16-17,25,27,32,34-35,37-41,43-47,54,59H,9,13-15,18-24,26,28-30,52H2,1-8H3. The van der Waals surface area contributed by atoms with E-state index in [2.05, 4.69) is 25.1 Å². The average molecular weight is 895 g/mol. The zero-order valence-electron chi connectivity index (χ0n) is 39.7. The SMILES string of the molecule is CCC1C=C(C)CC(C)CC(OC)C2OC(O)(C(=O)C(=O)N3CCCCC3C(=O)OC(C(C)=CC3CCC(N)C(OCCCc4ccccc4)C3)C(C)C(O)CC1=O)C(C)CC2OC. The maximum Gasteiger partial charge on any atom is 0.329 e. The number of rotatable bonds is 10. The van der Waals surface area contributed by atoms with Gasteiger partial charge in [-0.05, 0) is 114 Å². The molecule has 0 radical (unpaired) electrons. The van der Waals surface area contributed by atoms with Gasteiger partial charge < -0.3 is 44.5 Å². The molecule has 13 heteroatoms. The number of carbonyl (C=O) groups is 4. The molecule has 13 nitrogen and oxygen atoms in total. The second-order valence-corrected chi connectivity index (χ2v) is 19.5. The van der Waals surface area contributed by atoms with Crippen molar-refractivity contribution in [3.8, 4) is 0 Å². The first kappa shape index (κ1) is 51.7. The van der Waals surface area contributed by atoms with E-state index >= 15 is 0 Å². The average Bonchev–Trinajstić information content (AvgIpc) is 3.28. The summed E-state index contributed by atoms with van der Waals surface area (Å²) in [7, 11) is 3.08. The van der Waals surface area contributed by atoms with Gasteiger partial charge in [0.1, 0.15) is 24.0 Å². The van der Waals surface area contributed by atoms with Crippen molar-refractivity contribution >= 4 is 23.4 Å². The van der Waals surface area contributed by atoms with Crippen LogP contribution in [0.25, 0.3) is 0 Å². The van der Waals surface area contributed by atoms with Crippen molar-refractivity contribution in [1.82, 2.24) is 4.90 Å². The highest BCUT2D eigenvalue weighted by Crippen LogP contribution is 2.39. The predicted octanol–water partition coefficient (Wildman–Crippen LogP) is 6.44. The summed E-state index contributed by atoms with van der Waals surface area (Å²) in [5.41, 5.74) is 9.55. The van der Waals surface area contributed by atoms with E-state index in [1.165, 1.54) is 10.5 Å². The topological polar surface area (TPSA) is 184 Å². The molecule has 0 aromatic heterocycles. The molecule has 4 N–H and O–H groups in total. The molecule has 2 bridgehead atoms. The van der Waals surface area contributed by atoms with Gasteiger partial charge in [0.05, 0.1) is 24.4 Å². The molecule has 1 aromatic rings. The number of cyclic esters (lactones) is 1. The van der Waals surface area contributed by atoms with Crippen molar-refractivity contribution in [2.24, 2.45) is 35.3 Å². The zero-order chi connectivity index (χ0) is 46.7. The third-order valence-corrected chi connectivity index (χ3v) is 14.5. The number of aliphatic hydroxyl groups excluding tert-OH is 1. The van der Waals surface area contributed by atoms with Gasteiger partial charge in [-0.2, -0.15) is 0 Å². The first-order valence-electron chi connectivity index (χ1n) is 24.0. The summed E-state index contributed by atoms with van der Waals surface area (Å²) in [6.07, 6.45) is 6.89. The molecule has 3 aliphatic heterocycles. The maximum atomic E-state index is 14.5. The molecule has 14 atom stereocenters. The Bertz CT molecular complexity index is 1770. The number of aliphatic hydroxyl groups is 2. The van der Waals surface area contributed by atoms with Crippen molar-refractivity contribution in [3.05, 3.63) is 59.2 Å². The van der Waals surface area contributed by atoms with E-state index in [1.807, 2.05) is 45.0 Å². The molecule has 1 aliphatic carbocycles. The molecule has 1 aromatic carbocycles. The summed E-state index contributed by atoms with van der Waals surface area (Å²) in [5.74, 6) is -7.38. The molecule has 3 heterocycles. The molecule has 4 aliphatic rings. The Morgan fingerprint density at radius 1 is 0.953 bits per heavy atom. The van der Waals surface area contributed by atoms with Crippen LogP contribution in [0.2, 0.25) is 0 Å². The normalized spacial score (nSPS) is 37.0. The lowest BCUT2D eigenvalue weighted by atomic mass is 9.81. The highest BCUT2D eigenvalue weighted by Gasteiger charge is 2.56. The van der Waals surface area contributed by atoms with E-state index < -0.39 is 77.8 Å². The van der Waals surface area contributed by atoms with Crippen LogP contribution in [0.5, 0.6) is 0 Å². The van der Waals surface area contributed by atoms with Gasteiger partial charge in [0.2, 0.25) is 5.79 Å². The largest absolute Gasteiger partial charge is 0.456 e. The minimum atomic E-state index is -2.50. The van der Waals surface area contributed by atoms with Crippen molar-refractivity contribution in [2.75, 3.05) is 27.4 Å². The lowest BCUT2D eigenvalue weighted by Crippen LogP contribution is -2.64. The van der Waals surface area contributed by atoms with E-state index in [0.717, 1.165) is 31.3 Å². The number of nitrogens with zero attached hydrogens (tertiary/aromatic N) is 1. The molecular weight excluding hydrogens is 817 g/mol. The van der Waals surface area contributed by atoms with E-state index in [0.29, 0.717) is 50.7 Å². The van der Waals surface area contributed by atoms with Gasteiger partial charge in [-0.3, -0.25) is 14.4 Å². The lowest BCUT2D eigenvalue weighted by molar-refractivity contribution is -0.302. The summed E-state index contributed by atoms with van der Waals surface area (Å²) in [6.45, 7) is 12.0. The molecule has 1 amide bonds. The number of ether oxygens (including phenoxy) is 5. The number of ketones is 2. The Morgan fingerprint density at radius 2 is 1.66 bits per heavy atom. The molecule has 5 rings (SSSR count). The fourth-order valence-corrected chi connectivity index (χ4v) is 10.5. The smallest absolute Gasteiger partial charge is 0.329 e. The van der Waals surface area contributed by atoms with Gasteiger partial charge in [0.25, 0.3) is 11.7 Å². The number of fused-ring (bicyclic) bond motifs is 3. The number of esters is 1.